The number of hydrogen-bond donors (Lipinski definition) is 0. The zero-order chi connectivity index (χ0) is 10.0. The lowest BCUT2D eigenvalue weighted by atomic mass is 10.3. The van der Waals surface area contributed by atoms with Crippen molar-refractivity contribution in [1.82, 2.24) is 0 Å². The molecule has 1 heterocycles. The van der Waals surface area contributed by atoms with E-state index >= 15 is 0 Å². The van der Waals surface area contributed by atoms with Gasteiger partial charge in [-0.1, -0.05) is 6.07 Å². The summed E-state index contributed by atoms with van der Waals surface area (Å²) < 4.78 is 28.9. The second kappa shape index (κ2) is 3.69. The van der Waals surface area contributed by atoms with Crippen LogP contribution in [-0.4, -0.2) is 15.7 Å². The van der Waals surface area contributed by atoms with Gasteiger partial charge in [0.1, 0.15) is 5.82 Å². The average Bonchev–Trinajstić information content (AvgIpc) is 2.51. The van der Waals surface area contributed by atoms with Crippen molar-refractivity contribution < 1.29 is 8.60 Å². The summed E-state index contributed by atoms with van der Waals surface area (Å²) in [5.74, 6) is 0.986. The molecule has 1 saturated heterocycles. The van der Waals surface area contributed by atoms with Gasteiger partial charge in [-0.15, -0.1) is 0 Å². The van der Waals surface area contributed by atoms with Crippen molar-refractivity contribution in [3.05, 3.63) is 30.1 Å². The van der Waals surface area contributed by atoms with Gasteiger partial charge in [0.25, 0.3) is 0 Å². The van der Waals surface area contributed by atoms with Gasteiger partial charge < -0.3 is 0 Å². The first-order chi connectivity index (χ1) is 6.68. The molecule has 0 radical (unpaired) electrons. The summed E-state index contributed by atoms with van der Waals surface area (Å²) in [5, 5.41) is 0. The molecule has 1 aromatic carbocycles. The van der Waals surface area contributed by atoms with E-state index < -0.39 is 9.73 Å². The average molecular weight is 213 g/mol. The number of halogens is 1. The van der Waals surface area contributed by atoms with Crippen LogP contribution in [0.15, 0.2) is 28.6 Å². The minimum absolute atomic E-state index is 0.327. The van der Waals surface area contributed by atoms with Gasteiger partial charge in [-0.25, -0.2) is 8.60 Å². The van der Waals surface area contributed by atoms with Gasteiger partial charge in [-0.05, 0) is 25.0 Å². The monoisotopic (exact) mass is 213 g/mol. The van der Waals surface area contributed by atoms with Crippen LogP contribution >= 0.6 is 0 Å². The van der Waals surface area contributed by atoms with Crippen molar-refractivity contribution in [2.24, 2.45) is 4.36 Å². The predicted octanol–water partition coefficient (Wildman–Crippen LogP) is 2.72. The molecular weight excluding hydrogens is 201 g/mol. The summed E-state index contributed by atoms with van der Waals surface area (Å²) in [5.41, 5.74) is 0.497. The maximum Gasteiger partial charge on any atom is 0.125 e. The fourth-order valence-electron chi connectivity index (χ4n) is 1.57. The third kappa shape index (κ3) is 2.12. The lowest BCUT2D eigenvalue weighted by molar-refractivity contribution is 0.628. The Morgan fingerprint density at radius 3 is 2.64 bits per heavy atom. The van der Waals surface area contributed by atoms with E-state index in [0.29, 0.717) is 17.2 Å². The van der Waals surface area contributed by atoms with E-state index in [1.54, 1.807) is 12.1 Å². The van der Waals surface area contributed by atoms with E-state index in [9.17, 15) is 8.60 Å². The largest absolute Gasteiger partial charge is 0.249 e. The van der Waals surface area contributed by atoms with E-state index in [1.165, 1.54) is 12.1 Å². The molecule has 0 spiro atoms. The Hall–Kier alpha value is -0.900. The number of hydrogen-bond acceptors (Lipinski definition) is 2. The molecule has 0 unspecified atom stereocenters. The van der Waals surface area contributed by atoms with Crippen LogP contribution < -0.4 is 0 Å². The minimum atomic E-state index is -2.07. The molecule has 14 heavy (non-hydrogen) atoms. The normalized spacial score (nSPS) is 19.5. The SMILES string of the molecule is O=S1(=Nc2cccc(F)c2)CCCC1. The summed E-state index contributed by atoms with van der Waals surface area (Å²) in [7, 11) is -2.07. The van der Waals surface area contributed by atoms with Crippen LogP contribution in [0.4, 0.5) is 10.1 Å². The predicted molar refractivity (Wildman–Crippen MR) is 55.6 cm³/mol. The molecule has 2 rings (SSSR count). The van der Waals surface area contributed by atoms with Crippen LogP contribution in [0.2, 0.25) is 0 Å². The quantitative estimate of drug-likeness (QED) is 0.705. The fourth-order valence-corrected chi connectivity index (χ4v) is 3.77. The number of rotatable bonds is 1. The highest BCUT2D eigenvalue weighted by Crippen LogP contribution is 2.21. The Morgan fingerprint density at radius 2 is 2.00 bits per heavy atom. The van der Waals surface area contributed by atoms with Crippen LogP contribution in [0.1, 0.15) is 12.8 Å². The van der Waals surface area contributed by atoms with Gasteiger partial charge in [0.05, 0.1) is 15.4 Å². The van der Waals surface area contributed by atoms with Crippen molar-refractivity contribution in [1.29, 1.82) is 0 Å². The molecule has 4 heteroatoms. The molecule has 0 aliphatic carbocycles. The van der Waals surface area contributed by atoms with E-state index in [-0.39, 0.29) is 5.82 Å². The molecule has 0 aromatic heterocycles. The van der Waals surface area contributed by atoms with Gasteiger partial charge in [0, 0.05) is 17.6 Å². The molecule has 1 aliphatic heterocycles. The summed E-state index contributed by atoms with van der Waals surface area (Å²) in [6.07, 6.45) is 1.94. The smallest absolute Gasteiger partial charge is 0.125 e. The fraction of sp³-hybridized carbons (Fsp3) is 0.400. The highest BCUT2D eigenvalue weighted by Gasteiger charge is 2.16. The van der Waals surface area contributed by atoms with Crippen molar-refractivity contribution in [2.45, 2.75) is 12.8 Å². The van der Waals surface area contributed by atoms with Gasteiger partial charge in [0.15, 0.2) is 0 Å². The van der Waals surface area contributed by atoms with Crippen LogP contribution in [-0.2, 0) is 9.73 Å². The minimum Gasteiger partial charge on any atom is -0.249 e. The Labute approximate surface area is 83.3 Å². The van der Waals surface area contributed by atoms with Crippen LogP contribution in [0.5, 0.6) is 0 Å². The van der Waals surface area contributed by atoms with Gasteiger partial charge in [0.2, 0.25) is 0 Å². The zero-order valence-electron chi connectivity index (χ0n) is 7.78. The standard InChI is InChI=1S/C10H12FNOS/c11-9-4-3-5-10(8-9)12-14(13)6-1-2-7-14/h3-5,8H,1-2,6-7H2. The Balaban J connectivity index is 2.37. The van der Waals surface area contributed by atoms with Crippen LogP contribution in [0, 0.1) is 5.82 Å². The van der Waals surface area contributed by atoms with Crippen molar-refractivity contribution in [3.63, 3.8) is 0 Å². The van der Waals surface area contributed by atoms with Gasteiger partial charge in [-0.2, -0.15) is 4.36 Å². The summed E-state index contributed by atoms with van der Waals surface area (Å²) in [6, 6.07) is 5.96. The summed E-state index contributed by atoms with van der Waals surface area (Å²) in [4.78, 5) is 0. The lowest BCUT2D eigenvalue weighted by Gasteiger charge is -1.99. The lowest BCUT2D eigenvalue weighted by Crippen LogP contribution is -1.99. The molecule has 0 atom stereocenters. The zero-order valence-corrected chi connectivity index (χ0v) is 8.60. The maximum atomic E-state index is 12.8. The van der Waals surface area contributed by atoms with Gasteiger partial charge >= 0.3 is 0 Å². The molecule has 0 N–H and O–H groups in total. The molecule has 1 fully saturated rings. The maximum absolute atomic E-state index is 12.8. The van der Waals surface area contributed by atoms with Crippen LogP contribution in [0.3, 0.4) is 0 Å². The molecule has 0 bridgehead atoms. The first-order valence-electron chi connectivity index (χ1n) is 4.66. The molecule has 1 aliphatic rings. The van der Waals surface area contributed by atoms with E-state index in [1.807, 2.05) is 0 Å². The second-order valence-corrected chi connectivity index (χ2v) is 6.00. The van der Waals surface area contributed by atoms with Crippen molar-refractivity contribution >= 4 is 15.4 Å². The molecule has 76 valence electrons. The van der Waals surface area contributed by atoms with E-state index in [0.717, 1.165) is 12.8 Å². The first-order valence-corrected chi connectivity index (χ1v) is 6.51. The highest BCUT2D eigenvalue weighted by atomic mass is 32.2. The Morgan fingerprint density at radius 1 is 1.29 bits per heavy atom. The highest BCUT2D eigenvalue weighted by molar-refractivity contribution is 7.93. The number of benzene rings is 1. The Bertz CT molecular complexity index is 437. The van der Waals surface area contributed by atoms with Crippen molar-refractivity contribution in [3.8, 4) is 0 Å². The van der Waals surface area contributed by atoms with Crippen LogP contribution in [0.25, 0.3) is 0 Å². The summed E-state index contributed by atoms with van der Waals surface area (Å²) in [6.45, 7) is 0. The van der Waals surface area contributed by atoms with E-state index in [2.05, 4.69) is 4.36 Å². The molecule has 0 amide bonds. The molecule has 2 nitrogen and oxygen atoms in total. The third-order valence-electron chi connectivity index (χ3n) is 2.26. The van der Waals surface area contributed by atoms with Gasteiger partial charge in [-0.3, -0.25) is 0 Å². The summed E-state index contributed by atoms with van der Waals surface area (Å²) >= 11 is 0. The Kier molecular flexibility index (Phi) is 2.54. The topological polar surface area (TPSA) is 29.4 Å². The molecule has 1 aromatic rings. The second-order valence-electron chi connectivity index (χ2n) is 3.46. The molecular formula is C10H12FNOS. The third-order valence-corrected chi connectivity index (χ3v) is 4.65. The number of nitrogens with zero attached hydrogens (tertiary/aromatic N) is 1. The molecule has 0 saturated carbocycles. The first kappa shape index (κ1) is 9.65. The van der Waals surface area contributed by atoms with E-state index in [4.69, 9.17) is 0 Å². The van der Waals surface area contributed by atoms with Crippen molar-refractivity contribution in [2.75, 3.05) is 11.5 Å².